The molecule has 16 rings (SSSR count). The first-order valence-electron chi connectivity index (χ1n) is 43.8. The number of benzene rings is 10. The third-order valence-electron chi connectivity index (χ3n) is 21.8. The zero-order chi connectivity index (χ0) is 101. The smallest absolute Gasteiger partial charge is 0.283 e. The molecule has 1 fully saturated rings. The molecule has 142 heavy (non-hydrogen) atoms. The van der Waals surface area contributed by atoms with E-state index in [1.807, 2.05) is 176 Å². The fourth-order valence-corrected chi connectivity index (χ4v) is 15.7. The predicted molar refractivity (Wildman–Crippen MR) is 539 cm³/mol. The predicted octanol–water partition coefficient (Wildman–Crippen LogP) is 17.3. The van der Waals surface area contributed by atoms with Crippen LogP contribution in [0.25, 0.3) is 70.2 Å². The molecule has 0 aliphatic carbocycles. The number of hydrogen-bond donors (Lipinski definition) is 8. The van der Waals surface area contributed by atoms with E-state index in [4.69, 9.17) is 59.8 Å². The molecule has 1 aliphatic rings. The minimum atomic E-state index is -3.57. The van der Waals surface area contributed by atoms with Crippen molar-refractivity contribution >= 4 is 72.7 Å². The number of hydrogen-bond acceptors (Lipinski definition) is 23. The quantitative estimate of drug-likeness (QED) is 0.0123. The van der Waals surface area contributed by atoms with Crippen molar-refractivity contribution in [2.24, 2.45) is 0 Å². The van der Waals surface area contributed by atoms with E-state index in [0.29, 0.717) is 45.2 Å². The second kappa shape index (κ2) is 50.1. The number of carbonyl (C=O) groups is 3. The minimum absolute atomic E-state index is 0.0509. The van der Waals surface area contributed by atoms with E-state index < -0.39 is 65.0 Å². The Kier molecular flexibility index (Phi) is 36.5. The second-order valence-corrected chi connectivity index (χ2v) is 36.2. The molecule has 0 saturated carbocycles. The van der Waals surface area contributed by atoms with Gasteiger partial charge < -0.3 is 69.3 Å². The highest BCUT2D eigenvalue weighted by Gasteiger charge is 2.23. The number of anilines is 1. The molecule has 3 amide bonds. The third kappa shape index (κ3) is 30.6. The van der Waals surface area contributed by atoms with Gasteiger partial charge in [-0.3, -0.25) is 33.6 Å². The normalized spacial score (nSPS) is 11.5. The van der Waals surface area contributed by atoms with Gasteiger partial charge in [0.2, 0.25) is 42.2 Å². The van der Waals surface area contributed by atoms with E-state index in [0.717, 1.165) is 154 Å². The fourth-order valence-electron chi connectivity index (χ4n) is 14.0. The van der Waals surface area contributed by atoms with Crippen molar-refractivity contribution in [3.8, 4) is 78.6 Å². The summed E-state index contributed by atoms with van der Waals surface area (Å²) in [5.74, 6) is -1.48. The summed E-state index contributed by atoms with van der Waals surface area (Å²) in [5.41, 5.74) is 14.5. The summed E-state index contributed by atoms with van der Waals surface area (Å²) in [5, 5.41) is 55.2. The van der Waals surface area contributed by atoms with Crippen LogP contribution in [0.3, 0.4) is 0 Å². The van der Waals surface area contributed by atoms with Crippen LogP contribution in [-0.4, -0.2) is 130 Å². The molecule has 0 spiro atoms. The number of nitrogens with zero attached hydrogens (tertiary/aromatic N) is 8. The summed E-state index contributed by atoms with van der Waals surface area (Å²) in [7, 11) is -7.10. The molecule has 32 nitrogen and oxygen atoms in total. The summed E-state index contributed by atoms with van der Waals surface area (Å²) in [6.45, 7) is 25.2. The topological polar surface area (TPSA) is 416 Å². The maximum Gasteiger partial charge on any atom is 0.283 e. The van der Waals surface area contributed by atoms with Gasteiger partial charge >= 0.3 is 0 Å². The van der Waals surface area contributed by atoms with Crippen molar-refractivity contribution in [1.29, 1.82) is 0 Å². The van der Waals surface area contributed by atoms with Gasteiger partial charge in [-0.05, 0) is 127 Å². The van der Waals surface area contributed by atoms with E-state index in [1.54, 1.807) is 48.5 Å². The molecule has 0 unspecified atom stereocenters. The lowest BCUT2D eigenvalue weighted by atomic mass is 10.0. The Labute approximate surface area is 821 Å². The maximum atomic E-state index is 12.3. The lowest BCUT2D eigenvalue weighted by Crippen LogP contribution is -2.36. The highest BCUT2D eigenvalue weighted by atomic mass is 32.2. The number of amides is 3. The Morgan fingerprint density at radius 1 is 0.415 bits per heavy atom. The van der Waals surface area contributed by atoms with Crippen LogP contribution < -0.4 is 47.4 Å². The highest BCUT2D eigenvalue weighted by molar-refractivity contribution is 7.88. The van der Waals surface area contributed by atoms with Crippen LogP contribution >= 0.6 is 12.2 Å². The molecule has 722 valence electrons. The first kappa shape index (κ1) is 104. The van der Waals surface area contributed by atoms with Crippen molar-refractivity contribution in [3.63, 3.8) is 0 Å². The number of pyridine rings is 2. The van der Waals surface area contributed by atoms with E-state index >= 15 is 0 Å². The zero-order valence-electron chi connectivity index (χ0n) is 76.6. The molecule has 1 saturated heterocycles. The van der Waals surface area contributed by atoms with Crippen LogP contribution in [0.15, 0.2) is 355 Å². The van der Waals surface area contributed by atoms with Crippen molar-refractivity contribution in [2.45, 2.75) is 52.1 Å². The molecule has 15 aromatic rings. The average Bonchev–Trinajstić information content (AvgIpc) is 0.824. The van der Waals surface area contributed by atoms with Gasteiger partial charge in [-0.1, -0.05) is 249 Å². The number of rotatable bonds is 29. The SMILES string of the molecule is CS(=O)(=O)N(Cc1ccc(-c2ccc(N3CCOCC3)cc2)cc1)Cc1cc(=O)c(O)co1.O=C(NCc1ccc(-c2ccccc2)cc1)c1cccc(=S)n1O.[C-]#[N+]c1ccc(-c2ccc(CCN(Cc3cc(=O)c(O)co3)S(C)(=O)=O)cc2)cc1.[C-]#[N+]c1ccc(-c2ccc(CNC(=O)c3cccc(=O)n3O)cc2)cc1.[C-]#[N+]c1ccc(-c2ccc(OCCC(=O)NCc3cc(=O)c(O)co3)cc2)cc1. The zero-order valence-corrected chi connectivity index (χ0v) is 79.0. The first-order valence-corrected chi connectivity index (χ1v) is 47.9. The number of morpholine rings is 1. The first-order chi connectivity index (χ1) is 68.3. The van der Waals surface area contributed by atoms with Crippen LogP contribution in [0.4, 0.5) is 22.7 Å². The van der Waals surface area contributed by atoms with Crippen LogP contribution in [0.1, 0.15) is 66.9 Å². The number of aromatic nitrogens is 2. The Morgan fingerprint density at radius 2 is 0.782 bits per heavy atom. The van der Waals surface area contributed by atoms with Crippen molar-refractivity contribution in [1.82, 2.24) is 34.0 Å². The summed E-state index contributed by atoms with van der Waals surface area (Å²) in [6.07, 6.45) is 5.58. The van der Waals surface area contributed by atoms with E-state index in [2.05, 4.69) is 71.8 Å². The van der Waals surface area contributed by atoms with Crippen molar-refractivity contribution in [3.05, 3.63) is 453 Å². The van der Waals surface area contributed by atoms with Gasteiger partial charge in [0, 0.05) is 69.2 Å². The molecule has 10 aromatic carbocycles. The maximum absolute atomic E-state index is 12.3. The summed E-state index contributed by atoms with van der Waals surface area (Å²) in [4.78, 5) is 94.3. The van der Waals surface area contributed by atoms with E-state index in [-0.39, 0.29) is 97.4 Å². The second-order valence-electron chi connectivity index (χ2n) is 31.8. The monoisotopic (exact) mass is 1970 g/mol. The molecule has 8 N–H and O–H groups in total. The highest BCUT2D eigenvalue weighted by Crippen LogP contribution is 2.31. The molecule has 35 heteroatoms. The largest absolute Gasteiger partial charge is 0.502 e. The van der Waals surface area contributed by atoms with Gasteiger partial charge in [0.1, 0.15) is 57.8 Å². The Morgan fingerprint density at radius 3 is 1.20 bits per heavy atom. The molecule has 0 atom stereocenters. The number of sulfonamides is 2. The van der Waals surface area contributed by atoms with Crippen molar-refractivity contribution < 1.29 is 79.7 Å². The third-order valence-corrected chi connectivity index (χ3v) is 24.6. The molecule has 5 aromatic heterocycles. The van der Waals surface area contributed by atoms with Crippen LogP contribution in [0.2, 0.25) is 0 Å². The van der Waals surface area contributed by atoms with Gasteiger partial charge in [-0.25, -0.2) is 31.4 Å². The van der Waals surface area contributed by atoms with Gasteiger partial charge in [0.25, 0.3) is 17.4 Å². The van der Waals surface area contributed by atoms with Gasteiger partial charge in [-0.2, -0.15) is 13.3 Å². The molecule has 0 bridgehead atoms. The van der Waals surface area contributed by atoms with Crippen LogP contribution in [0.5, 0.6) is 23.0 Å². The molecule has 6 heterocycles. The summed E-state index contributed by atoms with van der Waals surface area (Å²) < 4.78 is 78.8. The van der Waals surface area contributed by atoms with Crippen LogP contribution in [-0.2, 0) is 75.3 Å². The minimum Gasteiger partial charge on any atom is -0.502 e. The van der Waals surface area contributed by atoms with Gasteiger partial charge in [0.05, 0.1) is 78.1 Å². The Hall–Kier alpha value is -17.4. The molecular formula is C107H95N11O21S3. The Balaban J connectivity index is 0.000000159. The van der Waals surface area contributed by atoms with Gasteiger partial charge in [0.15, 0.2) is 34.3 Å². The fraction of sp³-hybridized carbons (Fsp3) is 0.150. The molecule has 0 radical (unpaired) electrons. The lowest BCUT2D eigenvalue weighted by Gasteiger charge is -2.28. The standard InChI is InChI=1S/C24H26N2O6S.C22H20N2O5S.C22H18N2O5.C20H15N3O3.C19H16N2O2S/c1-33(29,30)26(16-22-14-23(27)24(28)17-32-22)15-18-2-4-19(5-3-18)20-6-8-21(9-7-20)25-10-12-31-13-11-25;1-23-19-9-7-18(8-10-19)17-5-3-16(4-6-17)11-12-24(30(2,27)28)14-20-13-21(25)22(26)15-29-20;1-23-17-6-2-15(3-7-17)16-4-8-18(9-5-16)28-11-10-22(27)24-13-19-12-20(25)21(26)14-29-19;1-21-17-11-9-16(10-12-17)15-7-5-14(6-8-15)13-22-20(25)18-3-2-4-19(24)23(18)26;22-19(17-7-4-8-18(24)21(17)23)20-13-14-9-11-16(12-10-14)15-5-2-1-3-6-15/h2-9,14,17,28H,10-13,15-16H2,1H3;3-10,13,15,26H,11-12,14H2,2H3;2-9,12,14,26H,10-11,13H2,(H,24,27);2-12,26H,13H2,(H,22,25);1-12,23H,13H2,(H,20,22). The number of carbonyl (C=O) groups excluding carboxylic acids is 3. The summed E-state index contributed by atoms with van der Waals surface area (Å²) >= 11 is 4.93. The Bertz CT molecular complexity index is 7580. The van der Waals surface area contributed by atoms with E-state index in [1.165, 1.54) is 38.6 Å². The number of nitrogens with one attached hydrogen (secondary N) is 3. The molecule has 1 aliphatic heterocycles. The lowest BCUT2D eigenvalue weighted by molar-refractivity contribution is -0.121. The van der Waals surface area contributed by atoms with Crippen LogP contribution in [0, 0.1) is 24.4 Å². The summed E-state index contributed by atoms with van der Waals surface area (Å²) in [6, 6.07) is 90.9. The van der Waals surface area contributed by atoms with E-state index in [9.17, 15) is 71.0 Å². The number of ether oxygens (including phenoxy) is 2. The molecular weight excluding hydrogens is 1870 g/mol. The average molecular weight is 1970 g/mol. The van der Waals surface area contributed by atoms with Crippen molar-refractivity contribution in [2.75, 3.05) is 56.9 Å². The number of aromatic hydroxyl groups is 3. The van der Waals surface area contributed by atoms with Gasteiger partial charge in [-0.15, -0.1) is 4.73 Å².